The number of nitrogens with two attached hydrogens (primary N) is 2. The third kappa shape index (κ3) is 4.04. The summed E-state index contributed by atoms with van der Waals surface area (Å²) in [5.74, 6) is -0.671. The molecule has 6 heteroatoms. The van der Waals surface area contributed by atoms with Gasteiger partial charge in [0.25, 0.3) is 0 Å². The topological polar surface area (TPSA) is 102 Å². The first-order valence-electron chi connectivity index (χ1n) is 3.37. The Morgan fingerprint density at radius 2 is 2.38 bits per heavy atom. The van der Waals surface area contributed by atoms with E-state index in [0.29, 0.717) is 0 Å². The molecule has 0 unspecified atom stereocenters. The standard InChI is InChI=1S/C7H11N3O3/c1-5(8)6(7(11)13-2)9-3-4-10-12/h3-4,10,12H,1,8H2,2H3/p+1/b4-3-,9-6?. The smallest absolute Gasteiger partial charge is 0.358 e. The Labute approximate surface area is 75.4 Å². The van der Waals surface area contributed by atoms with Crippen LogP contribution in [0.1, 0.15) is 0 Å². The van der Waals surface area contributed by atoms with E-state index in [1.165, 1.54) is 19.5 Å². The van der Waals surface area contributed by atoms with Gasteiger partial charge in [-0.15, -0.1) is 0 Å². The number of esters is 1. The number of aliphatic imine (C=N–C) groups is 1. The summed E-state index contributed by atoms with van der Waals surface area (Å²) in [5.41, 5.74) is 5.96. The van der Waals surface area contributed by atoms with E-state index in [4.69, 9.17) is 10.9 Å². The Morgan fingerprint density at radius 3 is 2.77 bits per heavy atom. The molecule has 0 fully saturated rings. The predicted molar refractivity (Wildman–Crippen MR) is 45.6 cm³/mol. The Balaban J connectivity index is 4.60. The highest BCUT2D eigenvalue weighted by molar-refractivity contribution is 6.42. The van der Waals surface area contributed by atoms with Crippen LogP contribution in [0.3, 0.4) is 0 Å². The summed E-state index contributed by atoms with van der Waals surface area (Å²) in [4.78, 5) is 14.6. The summed E-state index contributed by atoms with van der Waals surface area (Å²) >= 11 is 0. The molecule has 0 bridgehead atoms. The fourth-order valence-electron chi connectivity index (χ4n) is 0.519. The molecule has 0 saturated heterocycles. The number of carbonyl (C=O) groups excluding carboxylic acids is 1. The number of quaternary nitrogens is 1. The largest absolute Gasteiger partial charge is 0.464 e. The second-order valence-corrected chi connectivity index (χ2v) is 1.99. The maximum absolute atomic E-state index is 10.9. The summed E-state index contributed by atoms with van der Waals surface area (Å²) in [6, 6.07) is 0. The average Bonchev–Trinajstić information content (AvgIpc) is 2.11. The molecule has 0 radical (unpaired) electrons. The molecule has 0 atom stereocenters. The lowest BCUT2D eigenvalue weighted by molar-refractivity contribution is -0.838. The van der Waals surface area contributed by atoms with Crippen molar-refractivity contribution < 1.29 is 20.2 Å². The zero-order chi connectivity index (χ0) is 10.3. The second kappa shape index (κ2) is 5.92. The number of rotatable bonds is 4. The van der Waals surface area contributed by atoms with Crippen LogP contribution in [0, 0.1) is 0 Å². The van der Waals surface area contributed by atoms with Crippen molar-refractivity contribution in [2.24, 2.45) is 10.7 Å². The van der Waals surface area contributed by atoms with Gasteiger partial charge in [0.2, 0.25) is 0 Å². The van der Waals surface area contributed by atoms with Crippen LogP contribution < -0.4 is 11.2 Å². The lowest BCUT2D eigenvalue weighted by atomic mass is 10.3. The van der Waals surface area contributed by atoms with E-state index in [-0.39, 0.29) is 11.4 Å². The third-order valence-corrected chi connectivity index (χ3v) is 1.06. The van der Waals surface area contributed by atoms with Crippen molar-refractivity contribution in [3.8, 4) is 0 Å². The van der Waals surface area contributed by atoms with E-state index in [0.717, 1.165) is 5.48 Å². The molecule has 0 aromatic rings. The van der Waals surface area contributed by atoms with Crippen LogP contribution in [-0.4, -0.2) is 24.0 Å². The van der Waals surface area contributed by atoms with Gasteiger partial charge in [0.1, 0.15) is 6.20 Å². The maximum Gasteiger partial charge on any atom is 0.358 e. The summed E-state index contributed by atoms with van der Waals surface area (Å²) in [6.07, 6.45) is 2.43. The number of hydroxylamine groups is 1. The summed E-state index contributed by atoms with van der Waals surface area (Å²) < 4.78 is 4.39. The van der Waals surface area contributed by atoms with E-state index in [1.54, 1.807) is 0 Å². The first kappa shape index (κ1) is 11.3. The zero-order valence-electron chi connectivity index (χ0n) is 7.23. The lowest BCUT2D eigenvalue weighted by Crippen LogP contribution is -2.73. The SMILES string of the molecule is C=C(N)C(=N/C=C\[NH2+]O)C(=O)OC. The molecule has 0 aliphatic rings. The molecule has 72 valence electrons. The van der Waals surface area contributed by atoms with Crippen molar-refractivity contribution in [2.75, 3.05) is 7.11 Å². The number of ether oxygens (including phenoxy) is 1. The van der Waals surface area contributed by atoms with Crippen LogP contribution in [0.5, 0.6) is 0 Å². The first-order valence-corrected chi connectivity index (χ1v) is 3.37. The van der Waals surface area contributed by atoms with Crippen LogP contribution in [-0.2, 0) is 9.53 Å². The van der Waals surface area contributed by atoms with Crippen molar-refractivity contribution >= 4 is 11.7 Å². The van der Waals surface area contributed by atoms with Crippen LogP contribution in [0.2, 0.25) is 0 Å². The van der Waals surface area contributed by atoms with Gasteiger partial charge in [0, 0.05) is 0 Å². The number of nitrogens with zero attached hydrogens (tertiary/aromatic N) is 1. The molecule has 13 heavy (non-hydrogen) atoms. The van der Waals surface area contributed by atoms with Crippen molar-refractivity contribution in [2.45, 2.75) is 0 Å². The minimum absolute atomic E-state index is 0.00874. The molecule has 0 spiro atoms. The number of hydrogen-bond donors (Lipinski definition) is 3. The summed E-state index contributed by atoms with van der Waals surface area (Å²) in [5, 5.41) is 8.26. The van der Waals surface area contributed by atoms with E-state index >= 15 is 0 Å². The van der Waals surface area contributed by atoms with Gasteiger partial charge >= 0.3 is 5.97 Å². The lowest BCUT2D eigenvalue weighted by Gasteiger charge is -2.00. The molecule has 6 nitrogen and oxygen atoms in total. The number of methoxy groups -OCH3 is 1. The van der Waals surface area contributed by atoms with Gasteiger partial charge < -0.3 is 10.5 Å². The molecule has 0 saturated carbocycles. The van der Waals surface area contributed by atoms with Gasteiger partial charge in [-0.25, -0.2) is 15.0 Å². The zero-order valence-corrected chi connectivity index (χ0v) is 7.23. The molecular weight excluding hydrogens is 174 g/mol. The Hall–Kier alpha value is -1.66. The minimum Gasteiger partial charge on any atom is -0.464 e. The van der Waals surface area contributed by atoms with Crippen molar-refractivity contribution in [1.82, 2.24) is 0 Å². The quantitative estimate of drug-likeness (QED) is 0.282. The Kier molecular flexibility index (Phi) is 5.17. The van der Waals surface area contributed by atoms with Gasteiger partial charge in [0.15, 0.2) is 5.71 Å². The maximum atomic E-state index is 10.9. The van der Waals surface area contributed by atoms with Crippen LogP contribution in [0.15, 0.2) is 29.7 Å². The minimum atomic E-state index is -0.671. The monoisotopic (exact) mass is 186 g/mol. The molecule has 0 aliphatic heterocycles. The van der Waals surface area contributed by atoms with Crippen LogP contribution in [0.25, 0.3) is 0 Å². The molecule has 0 heterocycles. The van der Waals surface area contributed by atoms with E-state index < -0.39 is 5.97 Å². The molecule has 0 amide bonds. The molecule has 0 aliphatic carbocycles. The molecule has 0 rings (SSSR count). The number of carbonyl (C=O) groups is 1. The second-order valence-electron chi connectivity index (χ2n) is 1.99. The highest BCUT2D eigenvalue weighted by Crippen LogP contribution is 1.91. The summed E-state index contributed by atoms with van der Waals surface area (Å²) in [7, 11) is 1.21. The fraction of sp³-hybridized carbons (Fsp3) is 0.143. The third-order valence-electron chi connectivity index (χ3n) is 1.06. The molecule has 5 N–H and O–H groups in total. The van der Waals surface area contributed by atoms with Crippen LogP contribution in [0.4, 0.5) is 0 Å². The van der Waals surface area contributed by atoms with Gasteiger partial charge in [-0.2, -0.15) is 5.48 Å². The normalized spacial score (nSPS) is 11.7. The Morgan fingerprint density at radius 1 is 1.77 bits per heavy atom. The van der Waals surface area contributed by atoms with Crippen molar-refractivity contribution in [3.63, 3.8) is 0 Å². The fourth-order valence-corrected chi connectivity index (χ4v) is 0.519. The highest BCUT2D eigenvalue weighted by Gasteiger charge is 2.11. The van der Waals surface area contributed by atoms with Gasteiger partial charge in [-0.05, 0) is 0 Å². The van der Waals surface area contributed by atoms with E-state index in [2.05, 4.69) is 16.3 Å². The molecular formula is C7H12N3O3+. The summed E-state index contributed by atoms with van der Waals surface area (Å²) in [6.45, 7) is 3.34. The average molecular weight is 186 g/mol. The first-order chi connectivity index (χ1) is 6.13. The highest BCUT2D eigenvalue weighted by atomic mass is 16.5. The van der Waals surface area contributed by atoms with Gasteiger partial charge in [0.05, 0.1) is 19.0 Å². The molecule has 0 aromatic heterocycles. The van der Waals surface area contributed by atoms with Gasteiger partial charge in [-0.1, -0.05) is 6.58 Å². The van der Waals surface area contributed by atoms with E-state index in [1.807, 2.05) is 0 Å². The van der Waals surface area contributed by atoms with Crippen molar-refractivity contribution in [1.29, 1.82) is 0 Å². The van der Waals surface area contributed by atoms with E-state index in [9.17, 15) is 4.79 Å². The van der Waals surface area contributed by atoms with Gasteiger partial charge in [-0.3, -0.25) is 0 Å². The van der Waals surface area contributed by atoms with Crippen LogP contribution >= 0.6 is 0 Å². The molecule has 0 aromatic carbocycles. The predicted octanol–water partition coefficient (Wildman–Crippen LogP) is -1.50. The number of hydrogen-bond acceptors (Lipinski definition) is 5. The van der Waals surface area contributed by atoms with Crippen molar-refractivity contribution in [3.05, 3.63) is 24.7 Å². The Bertz CT molecular complexity index is 258.